The van der Waals surface area contributed by atoms with E-state index in [0.717, 1.165) is 37.9 Å². The highest BCUT2D eigenvalue weighted by Gasteiger charge is 2.38. The van der Waals surface area contributed by atoms with Crippen LogP contribution in [0.2, 0.25) is 0 Å². The van der Waals surface area contributed by atoms with E-state index in [4.69, 9.17) is 0 Å². The van der Waals surface area contributed by atoms with Crippen molar-refractivity contribution in [3.63, 3.8) is 0 Å². The van der Waals surface area contributed by atoms with E-state index in [1.54, 1.807) is 6.20 Å². The number of aryl methyl sites for hydroxylation is 1. The number of rotatable bonds is 5. The number of hydrogen-bond acceptors (Lipinski definition) is 3. The average molecular weight is 235 g/mol. The van der Waals surface area contributed by atoms with Crippen LogP contribution in [0.15, 0.2) is 12.4 Å². The van der Waals surface area contributed by atoms with E-state index < -0.39 is 0 Å². The largest absolute Gasteiger partial charge is 0.305 e. The van der Waals surface area contributed by atoms with E-state index in [2.05, 4.69) is 17.3 Å². The maximum absolute atomic E-state index is 12.4. The summed E-state index contributed by atoms with van der Waals surface area (Å²) >= 11 is 0. The number of carbonyl (C=O) groups excluding carboxylic acids is 1. The van der Waals surface area contributed by atoms with Gasteiger partial charge in [0.1, 0.15) is 0 Å². The molecule has 0 spiro atoms. The van der Waals surface area contributed by atoms with Crippen LogP contribution in [-0.2, 0) is 17.8 Å². The van der Waals surface area contributed by atoms with Gasteiger partial charge in [-0.05, 0) is 38.3 Å². The number of nitrogens with one attached hydrogen (secondary N) is 1. The first kappa shape index (κ1) is 12.3. The molecule has 94 valence electrons. The Morgan fingerprint density at radius 3 is 2.94 bits per heavy atom. The monoisotopic (exact) mass is 235 g/mol. The van der Waals surface area contributed by atoms with E-state index in [0.29, 0.717) is 12.2 Å². The first-order chi connectivity index (χ1) is 8.20. The van der Waals surface area contributed by atoms with Crippen LogP contribution < -0.4 is 5.32 Å². The Morgan fingerprint density at radius 1 is 1.59 bits per heavy atom. The lowest BCUT2D eigenvalue weighted by atomic mass is 9.86. The molecule has 1 saturated heterocycles. The van der Waals surface area contributed by atoms with Crippen molar-refractivity contribution < 1.29 is 4.79 Å². The fourth-order valence-electron chi connectivity index (χ4n) is 2.57. The van der Waals surface area contributed by atoms with Gasteiger partial charge in [-0.1, -0.05) is 6.92 Å². The first-order valence-corrected chi connectivity index (χ1v) is 6.50. The van der Waals surface area contributed by atoms with Crippen molar-refractivity contribution in [2.24, 2.45) is 0 Å². The fraction of sp³-hybridized carbons (Fsp3) is 0.692. The van der Waals surface area contributed by atoms with E-state index in [9.17, 15) is 4.79 Å². The minimum Gasteiger partial charge on any atom is -0.305 e. The highest BCUT2D eigenvalue weighted by molar-refractivity contribution is 5.90. The van der Waals surface area contributed by atoms with Crippen LogP contribution in [0.4, 0.5) is 0 Å². The molecule has 0 amide bonds. The molecule has 0 bridgehead atoms. The maximum atomic E-state index is 12.4. The molecule has 1 aromatic heterocycles. The third-order valence-electron chi connectivity index (χ3n) is 3.76. The smallest absolute Gasteiger partial charge is 0.157 e. The maximum Gasteiger partial charge on any atom is 0.157 e. The Balaban J connectivity index is 2.05. The highest BCUT2D eigenvalue weighted by atomic mass is 16.1. The quantitative estimate of drug-likeness (QED) is 0.842. The molecule has 0 aromatic carbocycles. The molecule has 0 saturated carbocycles. The van der Waals surface area contributed by atoms with E-state index in [-0.39, 0.29) is 5.54 Å². The minimum absolute atomic E-state index is 0.270. The third kappa shape index (κ3) is 2.41. The van der Waals surface area contributed by atoms with Gasteiger partial charge in [-0.3, -0.25) is 9.48 Å². The standard InChI is InChI=1S/C13H21N3O/c1-3-13(6-5-7-14-13)12(17)8-11-9-15-16(4-2)10-11/h9-10,14H,3-8H2,1-2H3. The van der Waals surface area contributed by atoms with Gasteiger partial charge in [-0.15, -0.1) is 0 Å². The van der Waals surface area contributed by atoms with E-state index in [1.165, 1.54) is 0 Å². The van der Waals surface area contributed by atoms with Gasteiger partial charge < -0.3 is 5.32 Å². The Hall–Kier alpha value is -1.16. The van der Waals surface area contributed by atoms with Crippen molar-refractivity contribution in [1.29, 1.82) is 0 Å². The Kier molecular flexibility index (Phi) is 3.62. The molecular weight excluding hydrogens is 214 g/mol. The second-order valence-electron chi connectivity index (χ2n) is 4.77. The van der Waals surface area contributed by atoms with Gasteiger partial charge in [0, 0.05) is 19.2 Å². The minimum atomic E-state index is -0.270. The molecule has 1 aliphatic heterocycles. The van der Waals surface area contributed by atoms with Crippen molar-refractivity contribution in [2.75, 3.05) is 6.54 Å². The van der Waals surface area contributed by atoms with Crippen molar-refractivity contribution in [3.8, 4) is 0 Å². The molecule has 17 heavy (non-hydrogen) atoms. The van der Waals surface area contributed by atoms with Crippen LogP contribution in [0, 0.1) is 0 Å². The lowest BCUT2D eigenvalue weighted by molar-refractivity contribution is -0.124. The van der Waals surface area contributed by atoms with Crippen molar-refractivity contribution in [1.82, 2.24) is 15.1 Å². The summed E-state index contributed by atoms with van der Waals surface area (Å²) in [5.41, 5.74) is 0.757. The van der Waals surface area contributed by atoms with Crippen molar-refractivity contribution >= 4 is 5.78 Å². The molecule has 0 aliphatic carbocycles. The topological polar surface area (TPSA) is 46.9 Å². The summed E-state index contributed by atoms with van der Waals surface area (Å²) in [5, 5.41) is 7.59. The molecule has 1 atom stereocenters. The average Bonchev–Trinajstić information content (AvgIpc) is 2.97. The zero-order chi connectivity index (χ0) is 12.3. The van der Waals surface area contributed by atoms with E-state index in [1.807, 2.05) is 17.8 Å². The third-order valence-corrected chi connectivity index (χ3v) is 3.76. The van der Waals surface area contributed by atoms with Crippen molar-refractivity contribution in [2.45, 2.75) is 51.6 Å². The summed E-state index contributed by atoms with van der Waals surface area (Å²) in [5.74, 6) is 0.313. The number of nitrogens with zero attached hydrogens (tertiary/aromatic N) is 2. The predicted octanol–water partition coefficient (Wildman–Crippen LogP) is 1.55. The molecule has 1 fully saturated rings. The Labute approximate surface area is 102 Å². The van der Waals surface area contributed by atoms with Crippen LogP contribution >= 0.6 is 0 Å². The predicted molar refractivity (Wildman–Crippen MR) is 66.9 cm³/mol. The molecule has 2 heterocycles. The second-order valence-corrected chi connectivity index (χ2v) is 4.77. The van der Waals surface area contributed by atoms with Crippen LogP contribution in [-0.4, -0.2) is 27.6 Å². The number of aromatic nitrogens is 2. The number of ketones is 1. The van der Waals surface area contributed by atoms with Gasteiger partial charge in [0.2, 0.25) is 0 Å². The van der Waals surface area contributed by atoms with Gasteiger partial charge >= 0.3 is 0 Å². The van der Waals surface area contributed by atoms with Gasteiger partial charge in [0.25, 0.3) is 0 Å². The molecular formula is C13H21N3O. The van der Waals surface area contributed by atoms with Crippen LogP contribution in [0.3, 0.4) is 0 Å². The van der Waals surface area contributed by atoms with Gasteiger partial charge in [0.05, 0.1) is 11.7 Å². The van der Waals surface area contributed by atoms with Crippen molar-refractivity contribution in [3.05, 3.63) is 18.0 Å². The zero-order valence-electron chi connectivity index (χ0n) is 10.7. The molecule has 4 heteroatoms. The van der Waals surface area contributed by atoms with Gasteiger partial charge in [-0.25, -0.2) is 0 Å². The van der Waals surface area contributed by atoms with Crippen LogP contribution in [0.1, 0.15) is 38.7 Å². The van der Waals surface area contributed by atoms with Crippen LogP contribution in [0.25, 0.3) is 0 Å². The van der Waals surface area contributed by atoms with Gasteiger partial charge in [0.15, 0.2) is 5.78 Å². The number of Topliss-reactive ketones (excluding diaryl/α,β-unsaturated/α-hetero) is 1. The normalized spacial score (nSPS) is 24.1. The fourth-order valence-corrected chi connectivity index (χ4v) is 2.57. The molecule has 2 rings (SSSR count). The molecule has 0 radical (unpaired) electrons. The summed E-state index contributed by atoms with van der Waals surface area (Å²) in [6, 6.07) is 0. The summed E-state index contributed by atoms with van der Waals surface area (Å²) in [7, 11) is 0. The number of hydrogen-bond donors (Lipinski definition) is 1. The summed E-state index contributed by atoms with van der Waals surface area (Å²) in [6.07, 6.45) is 7.24. The zero-order valence-corrected chi connectivity index (χ0v) is 10.7. The lowest BCUT2D eigenvalue weighted by Gasteiger charge is -2.26. The molecule has 1 N–H and O–H groups in total. The van der Waals surface area contributed by atoms with E-state index >= 15 is 0 Å². The van der Waals surface area contributed by atoms with Crippen LogP contribution in [0.5, 0.6) is 0 Å². The summed E-state index contributed by atoms with van der Waals surface area (Å²) in [4.78, 5) is 12.4. The lowest BCUT2D eigenvalue weighted by Crippen LogP contribution is -2.47. The molecule has 4 nitrogen and oxygen atoms in total. The summed E-state index contributed by atoms with van der Waals surface area (Å²) in [6.45, 7) is 5.95. The Bertz CT molecular complexity index is 391. The molecule has 1 unspecified atom stereocenters. The molecule has 1 aromatic rings. The highest BCUT2D eigenvalue weighted by Crippen LogP contribution is 2.25. The van der Waals surface area contributed by atoms with Gasteiger partial charge in [-0.2, -0.15) is 5.10 Å². The number of carbonyl (C=O) groups is 1. The first-order valence-electron chi connectivity index (χ1n) is 6.50. The summed E-state index contributed by atoms with van der Waals surface area (Å²) < 4.78 is 1.86. The Morgan fingerprint density at radius 2 is 2.41 bits per heavy atom. The SMILES string of the molecule is CCn1cc(CC(=O)C2(CC)CCCN2)cn1. The second kappa shape index (κ2) is 5.00. The molecule has 1 aliphatic rings.